The highest BCUT2D eigenvalue weighted by atomic mass is 32.2. The van der Waals surface area contributed by atoms with Crippen LogP contribution in [0.1, 0.15) is 5.56 Å². The monoisotopic (exact) mass is 270 g/mol. The summed E-state index contributed by atoms with van der Waals surface area (Å²) >= 11 is 9.35. The Morgan fingerprint density at radius 3 is 2.62 bits per heavy atom. The van der Waals surface area contributed by atoms with Gasteiger partial charge < -0.3 is 5.11 Å². The van der Waals surface area contributed by atoms with Crippen molar-refractivity contribution in [2.75, 3.05) is 0 Å². The van der Waals surface area contributed by atoms with Crippen molar-refractivity contribution in [2.45, 2.75) is 11.2 Å². The van der Waals surface area contributed by atoms with Gasteiger partial charge in [0.1, 0.15) is 5.44 Å². The molecule has 1 unspecified atom stereocenters. The summed E-state index contributed by atoms with van der Waals surface area (Å²) in [5.74, 6) is 0.601. The maximum Gasteiger partial charge on any atom is 0.224 e. The molecular formula is C11H10O2S3. The van der Waals surface area contributed by atoms with Crippen molar-refractivity contribution in [1.29, 1.82) is 0 Å². The van der Waals surface area contributed by atoms with Crippen molar-refractivity contribution in [3.63, 3.8) is 0 Å². The molecule has 0 spiro atoms. The van der Waals surface area contributed by atoms with Gasteiger partial charge in [0.05, 0.1) is 5.57 Å². The Balaban J connectivity index is 2.56. The Bertz CT molecular complexity index is 410. The van der Waals surface area contributed by atoms with Crippen LogP contribution < -0.4 is 0 Å². The van der Waals surface area contributed by atoms with Crippen LogP contribution in [0.5, 0.6) is 0 Å². The quantitative estimate of drug-likeness (QED) is 0.372. The standard InChI is InChI=1S/C11H10O2S3/c12-10(15)9(6-14)11(13)16-7-8-4-2-1-3-5-8/h1-5,11,13H,7H2,(H,12,15). The van der Waals surface area contributed by atoms with E-state index in [4.69, 9.17) is 0 Å². The van der Waals surface area contributed by atoms with E-state index in [0.717, 1.165) is 5.56 Å². The first-order chi connectivity index (χ1) is 7.65. The highest BCUT2D eigenvalue weighted by Crippen LogP contribution is 2.21. The summed E-state index contributed by atoms with van der Waals surface area (Å²) in [6.07, 6.45) is 0. The van der Waals surface area contributed by atoms with Crippen molar-refractivity contribution in [3.05, 3.63) is 41.5 Å². The smallest absolute Gasteiger partial charge is 0.224 e. The van der Waals surface area contributed by atoms with Gasteiger partial charge in [-0.05, 0) is 22.8 Å². The van der Waals surface area contributed by atoms with Crippen LogP contribution in [-0.2, 0) is 10.5 Å². The number of benzene rings is 1. The number of thiol groups is 1. The number of hydrogen-bond acceptors (Lipinski definition) is 4. The summed E-state index contributed by atoms with van der Waals surface area (Å²) in [4.78, 5) is 11.0. The Labute approximate surface area is 109 Å². The van der Waals surface area contributed by atoms with Crippen molar-refractivity contribution in [2.24, 2.45) is 0 Å². The van der Waals surface area contributed by atoms with E-state index in [1.165, 1.54) is 11.8 Å². The highest BCUT2D eigenvalue weighted by Gasteiger charge is 2.16. The van der Waals surface area contributed by atoms with Gasteiger partial charge in [0, 0.05) is 5.75 Å². The van der Waals surface area contributed by atoms with Crippen LogP contribution in [0.15, 0.2) is 35.9 Å². The molecule has 0 bridgehead atoms. The summed E-state index contributed by atoms with van der Waals surface area (Å²) in [7, 11) is 0. The maximum atomic E-state index is 11.0. The molecule has 1 aromatic rings. The summed E-state index contributed by atoms with van der Waals surface area (Å²) in [6, 6.07) is 9.65. The Hall–Kier alpha value is -0.580. The van der Waals surface area contributed by atoms with E-state index < -0.39 is 10.6 Å². The molecule has 1 rings (SSSR count). The van der Waals surface area contributed by atoms with Crippen molar-refractivity contribution >= 4 is 46.7 Å². The minimum Gasteiger partial charge on any atom is -0.377 e. The fourth-order valence-electron chi connectivity index (χ4n) is 1.03. The van der Waals surface area contributed by atoms with Gasteiger partial charge in [-0.25, -0.2) is 0 Å². The van der Waals surface area contributed by atoms with Gasteiger partial charge in [-0.3, -0.25) is 4.79 Å². The second kappa shape index (κ2) is 6.89. The van der Waals surface area contributed by atoms with Crippen molar-refractivity contribution in [1.82, 2.24) is 0 Å². The number of hydrogen-bond donors (Lipinski definition) is 2. The van der Waals surface area contributed by atoms with Gasteiger partial charge in [-0.2, -0.15) is 0 Å². The lowest BCUT2D eigenvalue weighted by Gasteiger charge is -2.09. The first-order valence-electron chi connectivity index (χ1n) is 4.47. The van der Waals surface area contributed by atoms with Crippen molar-refractivity contribution < 1.29 is 9.90 Å². The van der Waals surface area contributed by atoms with E-state index in [1.54, 1.807) is 0 Å². The van der Waals surface area contributed by atoms with Crippen LogP contribution in [0.2, 0.25) is 0 Å². The van der Waals surface area contributed by atoms with Crippen LogP contribution in [0, 0.1) is 0 Å². The zero-order chi connectivity index (χ0) is 12.0. The van der Waals surface area contributed by atoms with E-state index in [2.05, 4.69) is 29.9 Å². The van der Waals surface area contributed by atoms with Crippen molar-refractivity contribution in [3.8, 4) is 0 Å². The number of carbonyl (C=O) groups excluding carboxylic acids is 1. The molecular weight excluding hydrogens is 260 g/mol. The third-order valence-corrected chi connectivity index (χ3v) is 3.35. The number of aliphatic hydroxyl groups excluding tert-OH is 1. The molecule has 84 valence electrons. The molecule has 0 aliphatic rings. The van der Waals surface area contributed by atoms with Crippen LogP contribution >= 0.6 is 36.6 Å². The third kappa shape index (κ3) is 4.12. The molecule has 0 heterocycles. The number of thioether (sulfide) groups is 1. The average molecular weight is 270 g/mol. The summed E-state index contributed by atoms with van der Waals surface area (Å²) in [6.45, 7) is 0. The molecule has 0 saturated heterocycles. The van der Waals surface area contributed by atoms with Crippen LogP contribution in [-0.4, -0.2) is 20.7 Å². The second-order valence-corrected chi connectivity index (χ2v) is 4.65. The van der Waals surface area contributed by atoms with E-state index in [-0.39, 0.29) is 5.57 Å². The number of aliphatic hydroxyl groups is 1. The fourth-order valence-corrected chi connectivity index (χ4v) is 2.53. The maximum absolute atomic E-state index is 11.0. The lowest BCUT2D eigenvalue weighted by Crippen LogP contribution is -2.11. The predicted octanol–water partition coefficient (Wildman–Crippen LogP) is 2.22. The van der Waals surface area contributed by atoms with E-state index >= 15 is 0 Å². The number of carbonyl (C=O) groups is 1. The van der Waals surface area contributed by atoms with Gasteiger partial charge >= 0.3 is 0 Å². The molecule has 1 atom stereocenters. The SMILES string of the molecule is O=C(S)C(=C=S)C(O)SCc1ccccc1. The van der Waals surface area contributed by atoms with E-state index in [9.17, 15) is 9.90 Å². The zero-order valence-corrected chi connectivity index (χ0v) is 10.8. The first kappa shape index (κ1) is 13.5. The molecule has 0 radical (unpaired) electrons. The van der Waals surface area contributed by atoms with Gasteiger partial charge in [0.2, 0.25) is 5.12 Å². The minimum atomic E-state index is -0.970. The lowest BCUT2D eigenvalue weighted by atomic mass is 10.2. The minimum absolute atomic E-state index is 0.0271. The largest absolute Gasteiger partial charge is 0.377 e. The molecule has 5 heteroatoms. The zero-order valence-electron chi connectivity index (χ0n) is 8.29. The van der Waals surface area contributed by atoms with E-state index in [0.29, 0.717) is 5.75 Å². The Kier molecular flexibility index (Phi) is 5.80. The molecule has 0 amide bonds. The second-order valence-electron chi connectivity index (χ2n) is 2.97. The van der Waals surface area contributed by atoms with Gasteiger partial charge in [-0.15, -0.1) is 11.8 Å². The van der Waals surface area contributed by atoms with E-state index in [1.807, 2.05) is 30.3 Å². The summed E-state index contributed by atoms with van der Waals surface area (Å²) < 4.78 is 0. The van der Waals surface area contributed by atoms with Gasteiger partial charge in [-0.1, -0.05) is 43.0 Å². The molecule has 0 aliphatic carbocycles. The number of rotatable bonds is 5. The molecule has 0 aromatic heterocycles. The normalized spacial score (nSPS) is 11.6. The fraction of sp³-hybridized carbons (Fsp3) is 0.182. The Morgan fingerprint density at radius 1 is 1.50 bits per heavy atom. The Morgan fingerprint density at radius 2 is 2.12 bits per heavy atom. The molecule has 0 saturated carbocycles. The molecule has 2 nitrogen and oxygen atoms in total. The third-order valence-electron chi connectivity index (χ3n) is 1.84. The first-order valence-corrected chi connectivity index (χ1v) is 6.37. The topological polar surface area (TPSA) is 37.3 Å². The predicted molar refractivity (Wildman–Crippen MR) is 73.8 cm³/mol. The van der Waals surface area contributed by atoms with Gasteiger partial charge in [0.15, 0.2) is 0 Å². The summed E-state index contributed by atoms with van der Waals surface area (Å²) in [5, 5.41) is 11.4. The lowest BCUT2D eigenvalue weighted by molar-refractivity contribution is -0.108. The molecule has 0 aliphatic heterocycles. The van der Waals surface area contributed by atoms with Crippen LogP contribution in [0.25, 0.3) is 0 Å². The number of thiocarbonyl (C=S) groups is 1. The molecule has 1 aromatic carbocycles. The average Bonchev–Trinajstić information content (AvgIpc) is 2.28. The molecule has 16 heavy (non-hydrogen) atoms. The molecule has 0 fully saturated rings. The van der Waals surface area contributed by atoms with Gasteiger partial charge in [0.25, 0.3) is 0 Å². The summed E-state index contributed by atoms with van der Waals surface area (Å²) in [5.41, 5.74) is 0.129. The highest BCUT2D eigenvalue weighted by molar-refractivity contribution is 8.00. The van der Waals surface area contributed by atoms with Crippen LogP contribution in [0.3, 0.4) is 0 Å². The van der Waals surface area contributed by atoms with Crippen LogP contribution in [0.4, 0.5) is 0 Å². The molecule has 1 N–H and O–H groups in total.